The lowest BCUT2D eigenvalue weighted by atomic mass is 10.0. The number of carbonyl (C=O) groups excluding carboxylic acids is 2. The molecule has 0 aliphatic rings. The maximum Gasteiger partial charge on any atom is 0.362 e. The Morgan fingerprint density at radius 2 is 1.93 bits per heavy atom. The number of hydrogen-bond donors (Lipinski definition) is 1. The maximum atomic E-state index is 11.6. The SMILES string of the molecule is COC(=O)C(CCC(C)N)C(=O)OF. The topological polar surface area (TPSA) is 78.6 Å². The molecule has 0 aliphatic heterocycles. The Bertz CT molecular complexity index is 192. The highest BCUT2D eigenvalue weighted by Crippen LogP contribution is 2.12. The average Bonchev–Trinajstić information content (AvgIpc) is 2.16. The van der Waals surface area contributed by atoms with Crippen molar-refractivity contribution in [3.63, 3.8) is 0 Å². The predicted octanol–water partition coefficient (Wildman–Crippen LogP) is 0.331. The predicted molar refractivity (Wildman–Crippen MR) is 45.6 cm³/mol. The van der Waals surface area contributed by atoms with E-state index in [1.807, 2.05) is 0 Å². The number of hydrogen-bond acceptors (Lipinski definition) is 5. The molecule has 82 valence electrons. The molecular formula is C8H14FNO4. The molecule has 0 heterocycles. The van der Waals surface area contributed by atoms with Crippen molar-refractivity contribution >= 4 is 11.9 Å². The second kappa shape index (κ2) is 6.31. The molecule has 0 spiro atoms. The van der Waals surface area contributed by atoms with Crippen molar-refractivity contribution in [2.45, 2.75) is 25.8 Å². The zero-order valence-electron chi connectivity index (χ0n) is 8.16. The van der Waals surface area contributed by atoms with E-state index in [-0.39, 0.29) is 12.5 Å². The minimum atomic E-state index is -1.24. The van der Waals surface area contributed by atoms with Crippen molar-refractivity contribution in [2.24, 2.45) is 11.7 Å². The van der Waals surface area contributed by atoms with Crippen LogP contribution >= 0.6 is 0 Å². The Hall–Kier alpha value is -1.17. The highest BCUT2D eigenvalue weighted by atomic mass is 19.3. The molecule has 2 unspecified atom stereocenters. The average molecular weight is 207 g/mol. The molecule has 5 nitrogen and oxygen atoms in total. The zero-order chi connectivity index (χ0) is 11.1. The molecule has 0 aromatic heterocycles. The van der Waals surface area contributed by atoms with E-state index in [2.05, 4.69) is 9.68 Å². The van der Waals surface area contributed by atoms with E-state index < -0.39 is 17.9 Å². The summed E-state index contributed by atoms with van der Waals surface area (Å²) in [6.45, 7) is 1.72. The largest absolute Gasteiger partial charge is 0.468 e. The van der Waals surface area contributed by atoms with Gasteiger partial charge in [-0.1, -0.05) is 0 Å². The van der Waals surface area contributed by atoms with E-state index in [4.69, 9.17) is 5.73 Å². The fourth-order valence-corrected chi connectivity index (χ4v) is 0.958. The van der Waals surface area contributed by atoms with Crippen molar-refractivity contribution in [3.05, 3.63) is 0 Å². The highest BCUT2D eigenvalue weighted by molar-refractivity contribution is 5.94. The Balaban J connectivity index is 4.25. The molecule has 14 heavy (non-hydrogen) atoms. The highest BCUT2D eigenvalue weighted by Gasteiger charge is 2.29. The molecule has 0 saturated heterocycles. The molecular weight excluding hydrogens is 193 g/mol. The van der Waals surface area contributed by atoms with Crippen LogP contribution in [-0.4, -0.2) is 25.1 Å². The van der Waals surface area contributed by atoms with Crippen LogP contribution in [0.5, 0.6) is 0 Å². The van der Waals surface area contributed by atoms with Crippen molar-refractivity contribution in [1.82, 2.24) is 0 Å². The Morgan fingerprint density at radius 3 is 2.29 bits per heavy atom. The molecule has 0 rings (SSSR count). The van der Waals surface area contributed by atoms with Crippen LogP contribution in [-0.2, 0) is 19.3 Å². The molecule has 0 amide bonds. The summed E-state index contributed by atoms with van der Waals surface area (Å²) in [6.07, 6.45) is 0.530. The molecule has 0 aliphatic carbocycles. The third-order valence-electron chi connectivity index (χ3n) is 1.76. The van der Waals surface area contributed by atoms with Gasteiger partial charge in [0.15, 0.2) is 5.92 Å². The van der Waals surface area contributed by atoms with Crippen LogP contribution < -0.4 is 5.73 Å². The molecule has 0 fully saturated rings. The van der Waals surface area contributed by atoms with Crippen LogP contribution in [0.4, 0.5) is 4.53 Å². The number of methoxy groups -OCH3 is 1. The second-order valence-electron chi connectivity index (χ2n) is 3.03. The van der Waals surface area contributed by atoms with Crippen LogP contribution in [0, 0.1) is 5.92 Å². The lowest BCUT2D eigenvalue weighted by Crippen LogP contribution is -2.28. The molecule has 0 aromatic rings. The quantitative estimate of drug-likeness (QED) is 0.519. The summed E-state index contributed by atoms with van der Waals surface area (Å²) in [5.74, 6) is -3.28. The summed E-state index contributed by atoms with van der Waals surface area (Å²) in [6, 6.07) is -0.172. The molecule has 0 radical (unpaired) electrons. The van der Waals surface area contributed by atoms with Gasteiger partial charge in [0.1, 0.15) is 0 Å². The monoisotopic (exact) mass is 207 g/mol. The van der Waals surface area contributed by atoms with Gasteiger partial charge in [0.05, 0.1) is 7.11 Å². The van der Waals surface area contributed by atoms with E-state index in [0.29, 0.717) is 6.42 Å². The number of rotatable bonds is 5. The van der Waals surface area contributed by atoms with E-state index in [9.17, 15) is 14.1 Å². The van der Waals surface area contributed by atoms with Crippen molar-refractivity contribution < 1.29 is 23.8 Å². The van der Waals surface area contributed by atoms with Gasteiger partial charge in [-0.15, -0.1) is 0 Å². The summed E-state index contributed by atoms with van der Waals surface area (Å²) in [5, 5.41) is 0. The summed E-state index contributed by atoms with van der Waals surface area (Å²) >= 11 is 0. The fourth-order valence-electron chi connectivity index (χ4n) is 0.958. The normalized spacial score (nSPS) is 14.3. The van der Waals surface area contributed by atoms with Gasteiger partial charge in [-0.25, -0.2) is 4.79 Å². The third-order valence-corrected chi connectivity index (χ3v) is 1.76. The van der Waals surface area contributed by atoms with Crippen LogP contribution in [0.25, 0.3) is 0 Å². The van der Waals surface area contributed by atoms with E-state index in [0.717, 1.165) is 7.11 Å². The summed E-state index contributed by atoms with van der Waals surface area (Å²) in [5.41, 5.74) is 5.43. The van der Waals surface area contributed by atoms with Gasteiger partial charge in [-0.2, -0.15) is 0 Å². The van der Waals surface area contributed by atoms with Gasteiger partial charge >= 0.3 is 11.9 Å². The molecule has 2 N–H and O–H groups in total. The Kier molecular flexibility index (Phi) is 5.78. The minimum absolute atomic E-state index is 0.118. The van der Waals surface area contributed by atoms with Crippen LogP contribution in [0.3, 0.4) is 0 Å². The van der Waals surface area contributed by atoms with Gasteiger partial charge in [0.2, 0.25) is 0 Å². The fraction of sp³-hybridized carbons (Fsp3) is 0.750. The van der Waals surface area contributed by atoms with Gasteiger partial charge in [0, 0.05) is 10.6 Å². The third kappa shape index (κ3) is 4.18. The van der Waals surface area contributed by atoms with Crippen LogP contribution in [0.1, 0.15) is 19.8 Å². The molecule has 0 saturated carbocycles. The smallest absolute Gasteiger partial charge is 0.362 e. The minimum Gasteiger partial charge on any atom is -0.468 e. The Labute approximate surface area is 81.2 Å². The number of halogens is 1. The standard InChI is InChI=1S/C8H14FNO4/c1-5(10)3-4-6(7(11)13-2)8(12)14-9/h5-6H,3-4,10H2,1-2H3. The lowest BCUT2D eigenvalue weighted by Gasteiger charge is -2.11. The van der Waals surface area contributed by atoms with Gasteiger partial charge in [0.25, 0.3) is 0 Å². The van der Waals surface area contributed by atoms with Crippen molar-refractivity contribution in [2.75, 3.05) is 7.11 Å². The van der Waals surface area contributed by atoms with Gasteiger partial charge < -0.3 is 10.5 Å². The first-order valence-electron chi connectivity index (χ1n) is 4.18. The molecule has 0 bridgehead atoms. The van der Waals surface area contributed by atoms with E-state index >= 15 is 0 Å². The Morgan fingerprint density at radius 1 is 1.36 bits per heavy atom. The summed E-state index contributed by atoms with van der Waals surface area (Å²) in [4.78, 5) is 24.8. The summed E-state index contributed by atoms with van der Waals surface area (Å²) in [7, 11) is 1.12. The zero-order valence-corrected chi connectivity index (χ0v) is 8.16. The molecule has 0 aromatic carbocycles. The first-order valence-corrected chi connectivity index (χ1v) is 4.18. The number of nitrogens with two attached hydrogens (primary N) is 1. The molecule has 2 atom stereocenters. The van der Waals surface area contributed by atoms with E-state index in [1.54, 1.807) is 6.92 Å². The van der Waals surface area contributed by atoms with Gasteiger partial charge in [-0.3, -0.25) is 9.74 Å². The van der Waals surface area contributed by atoms with Crippen LogP contribution in [0.2, 0.25) is 0 Å². The van der Waals surface area contributed by atoms with Crippen molar-refractivity contribution in [1.29, 1.82) is 0 Å². The lowest BCUT2D eigenvalue weighted by molar-refractivity contribution is -0.192. The number of ether oxygens (including phenoxy) is 1. The number of carbonyl (C=O) groups is 2. The van der Waals surface area contributed by atoms with E-state index in [1.165, 1.54) is 0 Å². The first kappa shape index (κ1) is 12.8. The van der Waals surface area contributed by atoms with Gasteiger partial charge in [-0.05, 0) is 19.8 Å². The summed E-state index contributed by atoms with van der Waals surface area (Å²) < 4.78 is 15.9. The first-order chi connectivity index (χ1) is 6.52. The number of esters is 1. The van der Waals surface area contributed by atoms with Crippen LogP contribution in [0.15, 0.2) is 0 Å². The molecule has 6 heteroatoms. The maximum absolute atomic E-state index is 11.6. The van der Waals surface area contributed by atoms with Crippen molar-refractivity contribution in [3.8, 4) is 0 Å². The second-order valence-corrected chi connectivity index (χ2v) is 3.03.